The number of carbonyl (C=O) groups excluding carboxylic acids is 2. The summed E-state index contributed by atoms with van der Waals surface area (Å²) in [6, 6.07) is 10.4. The number of non-ortho nitro benzene ring substituents is 1. The molecule has 2 amide bonds. The van der Waals surface area contributed by atoms with Crippen LogP contribution in [0.5, 0.6) is 0 Å². The molecule has 1 unspecified atom stereocenters. The average molecular weight is 497 g/mol. The highest BCUT2D eigenvalue weighted by Gasteiger charge is 2.40. The molecule has 0 bridgehead atoms. The number of halogens is 1. The molecule has 35 heavy (non-hydrogen) atoms. The number of rotatable bonds is 6. The molecule has 0 saturated heterocycles. The van der Waals surface area contributed by atoms with Gasteiger partial charge in [0, 0.05) is 47.8 Å². The van der Waals surface area contributed by atoms with E-state index in [1.54, 1.807) is 34.9 Å². The molecule has 1 saturated carbocycles. The van der Waals surface area contributed by atoms with Crippen LogP contribution in [0, 0.1) is 10.1 Å². The number of nitrogens with zero attached hydrogens (tertiary/aromatic N) is 3. The van der Waals surface area contributed by atoms with E-state index in [0.29, 0.717) is 22.0 Å². The van der Waals surface area contributed by atoms with Crippen molar-refractivity contribution in [2.24, 2.45) is 0 Å². The number of carbonyl (C=O) groups is 2. The number of nitrogens with one attached hydrogen (secondary N) is 1. The van der Waals surface area contributed by atoms with Gasteiger partial charge in [0.1, 0.15) is 11.7 Å². The van der Waals surface area contributed by atoms with Crippen molar-refractivity contribution in [3.8, 4) is 5.69 Å². The Morgan fingerprint density at radius 1 is 1.20 bits per heavy atom. The number of amides is 2. The highest BCUT2D eigenvalue weighted by molar-refractivity contribution is 6.31. The van der Waals surface area contributed by atoms with Crippen molar-refractivity contribution in [1.29, 1.82) is 0 Å². The van der Waals surface area contributed by atoms with Gasteiger partial charge in [0.2, 0.25) is 5.91 Å². The maximum atomic E-state index is 13.9. The number of hydrogen-bond acceptors (Lipinski definition) is 5. The predicted molar refractivity (Wildman–Crippen MR) is 131 cm³/mol. The van der Waals surface area contributed by atoms with Crippen molar-refractivity contribution in [3.05, 3.63) is 68.9 Å². The summed E-state index contributed by atoms with van der Waals surface area (Å²) in [7, 11) is 1.52. The lowest BCUT2D eigenvalue weighted by Gasteiger charge is -2.30. The highest BCUT2D eigenvalue weighted by Crippen LogP contribution is 2.39. The summed E-state index contributed by atoms with van der Waals surface area (Å²) < 4.78 is 7.01. The van der Waals surface area contributed by atoms with Crippen molar-refractivity contribution in [1.82, 2.24) is 14.8 Å². The van der Waals surface area contributed by atoms with Crippen molar-refractivity contribution in [2.45, 2.75) is 37.8 Å². The van der Waals surface area contributed by atoms with E-state index >= 15 is 0 Å². The first-order valence-corrected chi connectivity index (χ1v) is 12.0. The van der Waals surface area contributed by atoms with Crippen LogP contribution in [0.4, 0.5) is 5.69 Å². The van der Waals surface area contributed by atoms with Crippen LogP contribution in [0.2, 0.25) is 5.02 Å². The Bertz CT molecular complexity index is 1330. The molecule has 5 rings (SSSR count). The van der Waals surface area contributed by atoms with Crippen LogP contribution in [0.25, 0.3) is 16.6 Å². The van der Waals surface area contributed by atoms with E-state index in [1.165, 1.54) is 24.1 Å². The number of aromatic nitrogens is 1. The fourth-order valence-corrected chi connectivity index (χ4v) is 5.35. The Kier molecular flexibility index (Phi) is 6.21. The quantitative estimate of drug-likeness (QED) is 0.402. The lowest BCUT2D eigenvalue weighted by atomic mass is 10.0. The number of fused-ring (bicyclic) bond motifs is 5. The van der Waals surface area contributed by atoms with Gasteiger partial charge in [-0.2, -0.15) is 0 Å². The largest absolute Gasteiger partial charge is 0.383 e. The third-order valence-electron chi connectivity index (χ3n) is 6.80. The summed E-state index contributed by atoms with van der Waals surface area (Å²) in [5.41, 5.74) is 1.86. The van der Waals surface area contributed by atoms with Crippen LogP contribution in [-0.4, -0.2) is 52.5 Å². The van der Waals surface area contributed by atoms with E-state index in [1.807, 2.05) is 0 Å². The molecule has 1 N–H and O–H groups in total. The number of ether oxygens (including phenoxy) is 1. The van der Waals surface area contributed by atoms with Crippen LogP contribution in [-0.2, 0) is 9.53 Å². The molecule has 0 radical (unpaired) electrons. The molecule has 1 aliphatic heterocycles. The lowest BCUT2D eigenvalue weighted by molar-refractivity contribution is -0.384. The molecular weight excluding hydrogens is 472 g/mol. The molecule has 1 aliphatic carbocycles. The van der Waals surface area contributed by atoms with Gasteiger partial charge < -0.3 is 19.5 Å². The third kappa shape index (κ3) is 4.15. The fraction of sp³-hybridized carbons (Fsp3) is 0.360. The maximum absolute atomic E-state index is 13.9. The monoisotopic (exact) mass is 496 g/mol. The molecule has 2 aromatic carbocycles. The first kappa shape index (κ1) is 23.3. The van der Waals surface area contributed by atoms with Gasteiger partial charge >= 0.3 is 0 Å². The number of nitro groups is 1. The fourth-order valence-electron chi connectivity index (χ4n) is 5.17. The van der Waals surface area contributed by atoms with Crippen LogP contribution < -0.4 is 5.32 Å². The van der Waals surface area contributed by atoms with Gasteiger partial charge in [0.05, 0.1) is 22.7 Å². The first-order valence-electron chi connectivity index (χ1n) is 11.6. The standard InChI is InChI=1S/C25H25ClN4O5/c1-35-11-10-28-23(24(31)27-17-4-2-3-5-17)19-14-18(30(33)34)7-9-21(19)29-20-8-6-16(26)12-15(20)13-22(29)25(28)32/h6-9,12-14,17,23H,2-5,10-11H2,1H3,(H,27,31). The topological polar surface area (TPSA) is 107 Å². The summed E-state index contributed by atoms with van der Waals surface area (Å²) in [6.45, 7) is 0.345. The second-order valence-corrected chi connectivity index (χ2v) is 9.39. The average Bonchev–Trinajstić information content (AvgIpc) is 3.46. The SMILES string of the molecule is COCCN1C(=O)c2cc3cc(Cl)ccc3n2-c2ccc([N+](=O)[O-])cc2C1C(=O)NC1CCCC1. The lowest BCUT2D eigenvalue weighted by Crippen LogP contribution is -2.46. The minimum atomic E-state index is -1.05. The normalized spacial score (nSPS) is 17.8. The van der Waals surface area contributed by atoms with Crippen LogP contribution in [0.1, 0.15) is 47.8 Å². The van der Waals surface area contributed by atoms with Crippen molar-refractivity contribution < 1.29 is 19.2 Å². The highest BCUT2D eigenvalue weighted by atomic mass is 35.5. The third-order valence-corrected chi connectivity index (χ3v) is 7.03. The Hall–Kier alpha value is -3.43. The van der Waals surface area contributed by atoms with E-state index < -0.39 is 11.0 Å². The van der Waals surface area contributed by atoms with Crippen LogP contribution in [0.15, 0.2) is 42.5 Å². The Morgan fingerprint density at radius 3 is 2.69 bits per heavy atom. The molecule has 10 heteroatoms. The molecule has 2 aliphatic rings. The maximum Gasteiger partial charge on any atom is 0.271 e. The van der Waals surface area contributed by atoms with Crippen molar-refractivity contribution >= 4 is 40.0 Å². The summed E-state index contributed by atoms with van der Waals surface area (Å²) in [6.07, 6.45) is 3.81. The van der Waals surface area contributed by atoms with Crippen molar-refractivity contribution in [3.63, 3.8) is 0 Å². The van der Waals surface area contributed by atoms with Gasteiger partial charge in [0.15, 0.2) is 0 Å². The number of nitro benzene ring substituents is 1. The Labute approximate surface area is 206 Å². The van der Waals surface area contributed by atoms with Crippen LogP contribution >= 0.6 is 11.6 Å². The minimum Gasteiger partial charge on any atom is -0.383 e. The predicted octanol–water partition coefficient (Wildman–Crippen LogP) is 4.39. The molecule has 1 atom stereocenters. The second kappa shape index (κ2) is 9.31. The molecule has 1 aromatic heterocycles. The molecule has 9 nitrogen and oxygen atoms in total. The molecule has 182 valence electrons. The number of benzene rings is 2. The Balaban J connectivity index is 1.75. The van der Waals surface area contributed by atoms with Gasteiger partial charge in [-0.3, -0.25) is 19.7 Å². The van der Waals surface area contributed by atoms with Gasteiger partial charge in [-0.25, -0.2) is 0 Å². The van der Waals surface area contributed by atoms with Gasteiger partial charge in [-0.1, -0.05) is 24.4 Å². The summed E-state index contributed by atoms with van der Waals surface area (Å²) >= 11 is 6.20. The summed E-state index contributed by atoms with van der Waals surface area (Å²) in [5, 5.41) is 16.0. The minimum absolute atomic E-state index is 0.0224. The number of methoxy groups -OCH3 is 1. The second-order valence-electron chi connectivity index (χ2n) is 8.95. The number of hydrogen-bond donors (Lipinski definition) is 1. The molecular formula is C25H25ClN4O5. The van der Waals surface area contributed by atoms with E-state index in [-0.39, 0.29) is 36.7 Å². The van der Waals surface area contributed by atoms with E-state index in [4.69, 9.17) is 16.3 Å². The zero-order valence-corrected chi connectivity index (χ0v) is 20.0. The summed E-state index contributed by atoms with van der Waals surface area (Å²) in [4.78, 5) is 40.3. The zero-order valence-electron chi connectivity index (χ0n) is 19.2. The van der Waals surface area contributed by atoms with Crippen molar-refractivity contribution in [2.75, 3.05) is 20.3 Å². The smallest absolute Gasteiger partial charge is 0.271 e. The van der Waals surface area contributed by atoms with E-state index in [2.05, 4.69) is 5.32 Å². The molecule has 2 heterocycles. The first-order chi connectivity index (χ1) is 16.9. The molecule has 0 spiro atoms. The van der Waals surface area contributed by atoms with Gasteiger partial charge in [-0.15, -0.1) is 0 Å². The van der Waals surface area contributed by atoms with E-state index in [9.17, 15) is 19.7 Å². The van der Waals surface area contributed by atoms with Gasteiger partial charge in [0.25, 0.3) is 11.6 Å². The van der Waals surface area contributed by atoms with Crippen LogP contribution in [0.3, 0.4) is 0 Å². The Morgan fingerprint density at radius 2 is 1.97 bits per heavy atom. The molecule has 1 fully saturated rings. The molecule has 3 aromatic rings. The van der Waals surface area contributed by atoms with E-state index in [0.717, 1.165) is 36.6 Å². The zero-order chi connectivity index (χ0) is 24.7. The summed E-state index contributed by atoms with van der Waals surface area (Å²) in [5.74, 6) is -0.707. The van der Waals surface area contributed by atoms with Gasteiger partial charge in [-0.05, 0) is 43.2 Å².